The zero-order valence-electron chi connectivity index (χ0n) is 23.0. The fraction of sp³-hybridized carbons (Fsp3) is 0.333. The summed E-state index contributed by atoms with van der Waals surface area (Å²) in [4.78, 5) is 24.1. The number of aromatic amines is 1. The van der Waals surface area contributed by atoms with E-state index in [1.54, 1.807) is 7.05 Å². The SMILES string of the molecule is CNc1nc2c([nH]1)=C(C)CC=C(C(=O)CC(C)C)N=2.N=C(N=NN)c1ccccc1-c1ccc2c(c1)CCC2. The number of nitrogens with zero attached hydrogens (tertiary/aromatic N) is 4. The largest absolute Gasteiger partial charge is 0.359 e. The zero-order valence-corrected chi connectivity index (χ0v) is 23.0. The number of benzene rings is 2. The molecule has 0 radical (unpaired) electrons. The molecule has 0 bridgehead atoms. The van der Waals surface area contributed by atoms with Crippen molar-refractivity contribution in [3.63, 3.8) is 0 Å². The maximum Gasteiger partial charge on any atom is 0.202 e. The first-order valence-corrected chi connectivity index (χ1v) is 13.3. The molecular formula is C30H36N8O. The molecule has 0 spiro atoms. The van der Waals surface area contributed by atoms with Crippen molar-refractivity contribution in [2.24, 2.45) is 27.1 Å². The molecule has 0 atom stereocenters. The van der Waals surface area contributed by atoms with E-state index in [0.717, 1.165) is 40.5 Å². The Kier molecular flexibility index (Phi) is 8.81. The molecule has 202 valence electrons. The number of imidazole rings is 1. The fourth-order valence-electron chi connectivity index (χ4n) is 4.82. The van der Waals surface area contributed by atoms with Crippen molar-refractivity contribution >= 4 is 23.1 Å². The Hall–Kier alpha value is -4.40. The molecular weight excluding hydrogens is 488 g/mol. The van der Waals surface area contributed by atoms with E-state index < -0.39 is 0 Å². The van der Waals surface area contributed by atoms with Crippen LogP contribution in [0.25, 0.3) is 16.7 Å². The molecule has 0 saturated heterocycles. The van der Waals surface area contributed by atoms with Crippen LogP contribution in [-0.2, 0) is 17.6 Å². The Bertz CT molecular complexity index is 1560. The van der Waals surface area contributed by atoms with E-state index in [1.165, 1.54) is 24.0 Å². The summed E-state index contributed by atoms with van der Waals surface area (Å²) in [5.74, 6) is 6.23. The van der Waals surface area contributed by atoms with Gasteiger partial charge in [-0.05, 0) is 66.4 Å². The Labute approximate surface area is 228 Å². The molecule has 0 amide bonds. The number of aromatic nitrogens is 2. The third-order valence-corrected chi connectivity index (χ3v) is 6.80. The van der Waals surface area contributed by atoms with Crippen LogP contribution in [0.15, 0.2) is 69.6 Å². The molecule has 1 aliphatic carbocycles. The van der Waals surface area contributed by atoms with Gasteiger partial charge in [-0.2, -0.15) is 4.98 Å². The van der Waals surface area contributed by atoms with Gasteiger partial charge in [-0.3, -0.25) is 10.2 Å². The summed E-state index contributed by atoms with van der Waals surface area (Å²) in [5.41, 5.74) is 8.01. The van der Waals surface area contributed by atoms with Gasteiger partial charge in [-0.1, -0.05) is 67.6 Å². The van der Waals surface area contributed by atoms with Crippen LogP contribution in [0.3, 0.4) is 0 Å². The second kappa shape index (κ2) is 12.4. The molecule has 5 N–H and O–H groups in total. The van der Waals surface area contributed by atoms with Crippen LogP contribution >= 0.6 is 0 Å². The fourth-order valence-corrected chi connectivity index (χ4v) is 4.82. The highest BCUT2D eigenvalue weighted by Crippen LogP contribution is 2.30. The molecule has 0 unspecified atom stereocenters. The van der Waals surface area contributed by atoms with Crippen LogP contribution in [0.5, 0.6) is 0 Å². The van der Waals surface area contributed by atoms with Crippen LogP contribution in [0.4, 0.5) is 5.95 Å². The van der Waals surface area contributed by atoms with Gasteiger partial charge in [0.15, 0.2) is 17.1 Å². The normalized spacial score (nSPS) is 14.1. The van der Waals surface area contributed by atoms with E-state index in [0.29, 0.717) is 29.5 Å². The van der Waals surface area contributed by atoms with E-state index in [9.17, 15) is 4.79 Å². The Morgan fingerprint density at radius 2 is 1.95 bits per heavy atom. The van der Waals surface area contributed by atoms with Gasteiger partial charge in [-0.25, -0.2) is 4.99 Å². The summed E-state index contributed by atoms with van der Waals surface area (Å²) in [5, 5.41) is 18.6. The lowest BCUT2D eigenvalue weighted by atomic mass is 9.96. The lowest BCUT2D eigenvalue weighted by Gasteiger charge is -2.09. The van der Waals surface area contributed by atoms with Gasteiger partial charge in [0.2, 0.25) is 5.95 Å². The van der Waals surface area contributed by atoms with E-state index in [4.69, 9.17) is 11.3 Å². The van der Waals surface area contributed by atoms with Gasteiger partial charge >= 0.3 is 0 Å². The number of nitrogens with two attached hydrogens (primary N) is 1. The number of aryl methyl sites for hydroxylation is 2. The number of Topliss-reactive ketones (excluding diaryl/α,β-unsaturated/α-hetero) is 1. The number of carbonyl (C=O) groups is 1. The quantitative estimate of drug-likeness (QED) is 0.122. The molecule has 0 saturated carbocycles. The van der Waals surface area contributed by atoms with Crippen molar-refractivity contribution in [1.29, 1.82) is 5.41 Å². The number of ketones is 1. The van der Waals surface area contributed by atoms with E-state index >= 15 is 0 Å². The van der Waals surface area contributed by atoms with Crippen molar-refractivity contribution < 1.29 is 4.79 Å². The topological polar surface area (TPSA) is 145 Å². The van der Waals surface area contributed by atoms with Gasteiger partial charge in [0.1, 0.15) is 5.70 Å². The molecule has 2 aromatic carbocycles. The number of hydrogen-bond acceptors (Lipinski definition) is 6. The first-order valence-electron chi connectivity index (χ1n) is 13.3. The van der Waals surface area contributed by atoms with Crippen LogP contribution in [0, 0.1) is 11.3 Å². The summed E-state index contributed by atoms with van der Waals surface area (Å²) in [6, 6.07) is 14.3. The maximum atomic E-state index is 12.1. The summed E-state index contributed by atoms with van der Waals surface area (Å²) in [7, 11) is 1.80. The molecule has 0 fully saturated rings. The molecule has 39 heavy (non-hydrogen) atoms. The summed E-state index contributed by atoms with van der Waals surface area (Å²) >= 11 is 0. The molecule has 1 aromatic heterocycles. The summed E-state index contributed by atoms with van der Waals surface area (Å²) in [6.45, 7) is 6.09. The highest BCUT2D eigenvalue weighted by Gasteiger charge is 2.15. The van der Waals surface area contributed by atoms with E-state index in [2.05, 4.69) is 48.8 Å². The highest BCUT2D eigenvalue weighted by atomic mass is 16.1. The number of rotatable bonds is 6. The van der Waals surface area contributed by atoms with Crippen molar-refractivity contribution in [3.05, 3.63) is 81.8 Å². The van der Waals surface area contributed by atoms with Crippen LogP contribution in [-0.4, -0.2) is 28.6 Å². The second-order valence-corrected chi connectivity index (χ2v) is 10.2. The molecule has 9 heteroatoms. The highest BCUT2D eigenvalue weighted by molar-refractivity contribution is 6.02. The minimum Gasteiger partial charge on any atom is -0.359 e. The molecule has 9 nitrogen and oxygen atoms in total. The average molecular weight is 525 g/mol. The Balaban J connectivity index is 0.000000181. The smallest absolute Gasteiger partial charge is 0.202 e. The number of amidine groups is 1. The number of anilines is 1. The van der Waals surface area contributed by atoms with Gasteiger partial charge in [0.05, 0.1) is 5.35 Å². The maximum absolute atomic E-state index is 12.1. The van der Waals surface area contributed by atoms with E-state index in [-0.39, 0.29) is 11.6 Å². The molecule has 2 heterocycles. The molecule has 5 rings (SSSR count). The molecule has 3 aromatic rings. The number of carbonyl (C=O) groups excluding carboxylic acids is 1. The standard InChI is InChI=1S/C16H16N4.C14H20N4O/c17-16(19-20-18)15-7-2-1-6-14(15)13-9-8-11-4-3-5-12(11)10-13;1-8(2)7-11(19)10-6-5-9(3)12-13(16-10)18-14(15-4)17-12/h1-2,6-10H,3-5H2,(H3,17,18,19);6,8H,5,7H2,1-4H3,(H2,15,16,17,18). The lowest BCUT2D eigenvalue weighted by molar-refractivity contribution is -0.116. The van der Waals surface area contributed by atoms with Gasteiger partial charge in [0.25, 0.3) is 0 Å². The third kappa shape index (κ3) is 6.54. The van der Waals surface area contributed by atoms with Crippen molar-refractivity contribution in [2.75, 3.05) is 12.4 Å². The number of hydrogen-bond donors (Lipinski definition) is 4. The first kappa shape index (κ1) is 27.6. The minimum atomic E-state index is 0.0867. The lowest BCUT2D eigenvalue weighted by Crippen LogP contribution is -2.26. The van der Waals surface area contributed by atoms with E-state index in [1.807, 2.05) is 51.1 Å². The van der Waals surface area contributed by atoms with Crippen molar-refractivity contribution in [2.45, 2.75) is 52.9 Å². The molecule has 1 aliphatic heterocycles. The van der Waals surface area contributed by atoms with Crippen LogP contribution in [0.2, 0.25) is 0 Å². The number of allylic oxidation sites excluding steroid dienone is 2. The predicted molar refractivity (Wildman–Crippen MR) is 155 cm³/mol. The van der Waals surface area contributed by atoms with Crippen LogP contribution in [0.1, 0.15) is 56.7 Å². The van der Waals surface area contributed by atoms with Gasteiger partial charge in [-0.15, -0.1) is 5.11 Å². The summed E-state index contributed by atoms with van der Waals surface area (Å²) in [6.07, 6.45) is 6.69. The average Bonchev–Trinajstić information content (AvgIpc) is 3.54. The van der Waals surface area contributed by atoms with Gasteiger partial charge in [0, 0.05) is 19.0 Å². The van der Waals surface area contributed by atoms with Crippen molar-refractivity contribution in [3.8, 4) is 11.1 Å². The first-order chi connectivity index (χ1) is 18.8. The summed E-state index contributed by atoms with van der Waals surface area (Å²) < 4.78 is 0. The number of H-pyrrole nitrogens is 1. The monoisotopic (exact) mass is 524 g/mol. The third-order valence-electron chi connectivity index (χ3n) is 6.80. The van der Waals surface area contributed by atoms with Gasteiger partial charge < -0.3 is 16.1 Å². The predicted octanol–water partition coefficient (Wildman–Crippen LogP) is 4.64. The minimum absolute atomic E-state index is 0.0867. The number of fused-ring (bicyclic) bond motifs is 2. The molecule has 2 aliphatic rings. The van der Waals surface area contributed by atoms with Crippen molar-refractivity contribution in [1.82, 2.24) is 9.97 Å². The second-order valence-electron chi connectivity index (χ2n) is 10.2. The zero-order chi connectivity index (χ0) is 27.9. The Morgan fingerprint density at radius 3 is 2.69 bits per heavy atom. The van der Waals surface area contributed by atoms with Crippen LogP contribution < -0.4 is 22.0 Å². The Morgan fingerprint density at radius 1 is 1.18 bits per heavy atom. The number of nitrogens with one attached hydrogen (secondary N) is 3.